The maximum atomic E-state index is 12.5. The van der Waals surface area contributed by atoms with Crippen LogP contribution in [0.4, 0.5) is 5.69 Å². The van der Waals surface area contributed by atoms with Crippen LogP contribution >= 0.6 is 0 Å². The third kappa shape index (κ3) is 4.82. The third-order valence-electron chi connectivity index (χ3n) is 5.10. The number of aryl methyl sites for hydroxylation is 1. The van der Waals surface area contributed by atoms with E-state index in [-0.39, 0.29) is 11.4 Å². The van der Waals surface area contributed by atoms with Crippen LogP contribution in [0.15, 0.2) is 47.4 Å². The second-order valence-electron chi connectivity index (χ2n) is 7.32. The van der Waals surface area contributed by atoms with Crippen molar-refractivity contribution in [2.45, 2.75) is 38.1 Å². The van der Waals surface area contributed by atoms with E-state index < -0.39 is 10.0 Å². The van der Waals surface area contributed by atoms with Gasteiger partial charge in [0.2, 0.25) is 10.0 Å². The summed E-state index contributed by atoms with van der Waals surface area (Å²) in [5, 5.41) is 0. The highest BCUT2D eigenvalue weighted by Gasteiger charge is 2.17. The Kier molecular flexibility index (Phi) is 6.07. The van der Waals surface area contributed by atoms with Crippen molar-refractivity contribution >= 4 is 15.7 Å². The molecule has 146 valence electrons. The Morgan fingerprint density at radius 3 is 2.56 bits per heavy atom. The molecule has 1 N–H and O–H groups in total. The molecule has 0 amide bonds. The first-order valence-electron chi connectivity index (χ1n) is 9.37. The third-order valence-corrected chi connectivity index (χ3v) is 6.50. The molecule has 0 unspecified atom stereocenters. The molecule has 1 atom stereocenters. The van der Waals surface area contributed by atoms with Gasteiger partial charge >= 0.3 is 0 Å². The van der Waals surface area contributed by atoms with Crippen molar-refractivity contribution in [2.75, 3.05) is 25.1 Å². The summed E-state index contributed by atoms with van der Waals surface area (Å²) in [6, 6.07) is 13.0. The van der Waals surface area contributed by atoms with E-state index in [2.05, 4.69) is 28.7 Å². The zero-order valence-corrected chi connectivity index (χ0v) is 17.1. The Bertz CT molecular complexity index is 879. The first kappa shape index (κ1) is 19.7. The Morgan fingerprint density at radius 2 is 1.93 bits per heavy atom. The predicted molar refractivity (Wildman–Crippen MR) is 109 cm³/mol. The van der Waals surface area contributed by atoms with Gasteiger partial charge in [-0.25, -0.2) is 13.1 Å². The van der Waals surface area contributed by atoms with Crippen LogP contribution < -0.4 is 14.4 Å². The Labute approximate surface area is 162 Å². The van der Waals surface area contributed by atoms with Crippen molar-refractivity contribution in [2.24, 2.45) is 5.92 Å². The fourth-order valence-electron chi connectivity index (χ4n) is 3.53. The minimum Gasteiger partial charge on any atom is -0.496 e. The van der Waals surface area contributed by atoms with Crippen molar-refractivity contribution in [3.8, 4) is 5.75 Å². The number of rotatable bonds is 6. The average Bonchev–Trinajstić information content (AvgIpc) is 2.67. The van der Waals surface area contributed by atoms with Crippen LogP contribution in [-0.4, -0.2) is 28.6 Å². The molecular formula is C21H28N2O3S. The summed E-state index contributed by atoms with van der Waals surface area (Å²) in [5.41, 5.74) is 2.94. The van der Waals surface area contributed by atoms with Gasteiger partial charge in [-0.3, -0.25) is 0 Å². The topological polar surface area (TPSA) is 58.6 Å². The molecule has 0 aliphatic carbocycles. The maximum Gasteiger partial charge on any atom is 0.240 e. The van der Waals surface area contributed by atoms with Crippen LogP contribution in [0.3, 0.4) is 0 Å². The van der Waals surface area contributed by atoms with Crippen LogP contribution in [0, 0.1) is 12.8 Å². The lowest BCUT2D eigenvalue weighted by molar-refractivity contribution is 0.411. The molecule has 0 bridgehead atoms. The molecule has 0 radical (unpaired) electrons. The minimum absolute atomic E-state index is 0.250. The van der Waals surface area contributed by atoms with Crippen LogP contribution in [0.25, 0.3) is 0 Å². The SMILES string of the molecule is COc1ccc(S(=O)(=O)NCc2ccc(N3CCC[C@H](C)C3)cc2)cc1C. The van der Waals surface area contributed by atoms with E-state index in [0.29, 0.717) is 5.75 Å². The van der Waals surface area contributed by atoms with E-state index in [4.69, 9.17) is 4.74 Å². The molecule has 2 aromatic carbocycles. The van der Waals surface area contributed by atoms with E-state index in [1.54, 1.807) is 25.3 Å². The number of methoxy groups -OCH3 is 1. The lowest BCUT2D eigenvalue weighted by Gasteiger charge is -2.32. The number of anilines is 1. The molecule has 27 heavy (non-hydrogen) atoms. The Morgan fingerprint density at radius 1 is 1.19 bits per heavy atom. The first-order chi connectivity index (χ1) is 12.9. The van der Waals surface area contributed by atoms with Crippen LogP contribution in [0.1, 0.15) is 30.9 Å². The second kappa shape index (κ2) is 8.31. The Balaban J connectivity index is 1.64. The number of sulfonamides is 1. The van der Waals surface area contributed by atoms with Crippen LogP contribution in [0.5, 0.6) is 5.75 Å². The standard InChI is InChI=1S/C21H28N2O3S/c1-16-5-4-12-23(15-16)19-8-6-18(7-9-19)14-22-27(24,25)20-10-11-21(26-3)17(2)13-20/h6-11,13,16,22H,4-5,12,14-15H2,1-3H3/t16-/m0/s1. The van der Waals surface area contributed by atoms with E-state index in [0.717, 1.165) is 30.1 Å². The van der Waals surface area contributed by atoms with Gasteiger partial charge in [-0.1, -0.05) is 19.1 Å². The van der Waals surface area contributed by atoms with Crippen molar-refractivity contribution in [3.63, 3.8) is 0 Å². The highest BCUT2D eigenvalue weighted by molar-refractivity contribution is 7.89. The lowest BCUT2D eigenvalue weighted by Crippen LogP contribution is -2.34. The molecule has 6 heteroatoms. The quantitative estimate of drug-likeness (QED) is 0.819. The maximum absolute atomic E-state index is 12.5. The molecule has 1 heterocycles. The largest absolute Gasteiger partial charge is 0.496 e. The fourth-order valence-corrected chi connectivity index (χ4v) is 4.63. The second-order valence-corrected chi connectivity index (χ2v) is 9.08. The molecular weight excluding hydrogens is 360 g/mol. The van der Waals surface area contributed by atoms with E-state index >= 15 is 0 Å². The number of nitrogens with zero attached hydrogens (tertiary/aromatic N) is 1. The molecule has 2 aromatic rings. The first-order valence-corrected chi connectivity index (χ1v) is 10.9. The molecule has 0 saturated carbocycles. The summed E-state index contributed by atoms with van der Waals surface area (Å²) in [6.45, 7) is 6.56. The summed E-state index contributed by atoms with van der Waals surface area (Å²) in [5.74, 6) is 1.40. The van der Waals surface area contributed by atoms with Crippen LogP contribution in [-0.2, 0) is 16.6 Å². The summed E-state index contributed by atoms with van der Waals surface area (Å²) in [6.07, 6.45) is 2.52. The van der Waals surface area contributed by atoms with Crippen LogP contribution in [0.2, 0.25) is 0 Å². The summed E-state index contributed by atoms with van der Waals surface area (Å²) >= 11 is 0. The average molecular weight is 389 g/mol. The smallest absolute Gasteiger partial charge is 0.240 e. The number of piperidine rings is 1. The molecule has 1 fully saturated rings. The van der Waals surface area contributed by atoms with Crippen molar-refractivity contribution in [1.29, 1.82) is 0 Å². The van der Waals surface area contributed by atoms with Gasteiger partial charge in [0.1, 0.15) is 5.75 Å². The number of ether oxygens (including phenoxy) is 1. The summed E-state index contributed by atoms with van der Waals surface area (Å²) < 4.78 is 33.0. The van der Waals surface area contributed by atoms with Gasteiger partial charge in [0.05, 0.1) is 12.0 Å². The van der Waals surface area contributed by atoms with Crippen molar-refractivity contribution < 1.29 is 13.2 Å². The lowest BCUT2D eigenvalue weighted by atomic mass is 9.99. The molecule has 1 aliphatic heterocycles. The van der Waals surface area contributed by atoms with Gasteiger partial charge in [0, 0.05) is 25.3 Å². The number of nitrogens with one attached hydrogen (secondary N) is 1. The molecule has 0 aromatic heterocycles. The highest BCUT2D eigenvalue weighted by atomic mass is 32.2. The molecule has 0 spiro atoms. The number of hydrogen-bond acceptors (Lipinski definition) is 4. The highest BCUT2D eigenvalue weighted by Crippen LogP contribution is 2.24. The van der Waals surface area contributed by atoms with E-state index in [9.17, 15) is 8.42 Å². The van der Waals surface area contributed by atoms with E-state index in [1.807, 2.05) is 19.1 Å². The van der Waals surface area contributed by atoms with Gasteiger partial charge in [-0.05, 0) is 67.1 Å². The van der Waals surface area contributed by atoms with Crippen molar-refractivity contribution in [1.82, 2.24) is 4.72 Å². The summed E-state index contributed by atoms with van der Waals surface area (Å²) in [7, 11) is -1.99. The normalized spacial score (nSPS) is 17.7. The number of hydrogen-bond donors (Lipinski definition) is 1. The monoisotopic (exact) mass is 388 g/mol. The molecule has 5 nitrogen and oxygen atoms in total. The predicted octanol–water partition coefficient (Wildman–Crippen LogP) is 3.72. The summed E-state index contributed by atoms with van der Waals surface area (Å²) in [4.78, 5) is 2.65. The van der Waals surface area contributed by atoms with E-state index in [1.165, 1.54) is 18.5 Å². The van der Waals surface area contributed by atoms with Gasteiger partial charge in [-0.2, -0.15) is 0 Å². The Hall–Kier alpha value is -2.05. The molecule has 3 rings (SSSR count). The molecule has 1 aliphatic rings. The van der Waals surface area contributed by atoms with Gasteiger partial charge in [0.25, 0.3) is 0 Å². The zero-order chi connectivity index (χ0) is 19.4. The van der Waals surface area contributed by atoms with Gasteiger partial charge in [0.15, 0.2) is 0 Å². The van der Waals surface area contributed by atoms with Crippen molar-refractivity contribution in [3.05, 3.63) is 53.6 Å². The molecule has 1 saturated heterocycles. The fraction of sp³-hybridized carbons (Fsp3) is 0.429. The van der Waals surface area contributed by atoms with Gasteiger partial charge < -0.3 is 9.64 Å². The number of benzene rings is 2. The van der Waals surface area contributed by atoms with Gasteiger partial charge in [-0.15, -0.1) is 0 Å². The minimum atomic E-state index is -3.56. The zero-order valence-electron chi connectivity index (χ0n) is 16.2.